The van der Waals surface area contributed by atoms with Crippen molar-refractivity contribution in [2.45, 2.75) is 24.7 Å². The molecule has 6 heteroatoms. The fourth-order valence-corrected chi connectivity index (χ4v) is 5.15. The zero-order valence-electron chi connectivity index (χ0n) is 11.9. The normalized spacial score (nSPS) is 21.1. The minimum absolute atomic E-state index is 0.384. The Bertz CT molecular complexity index is 552. The van der Waals surface area contributed by atoms with E-state index in [4.69, 9.17) is 0 Å². The average Bonchev–Trinajstić information content (AvgIpc) is 2.38. The van der Waals surface area contributed by atoms with E-state index in [0.29, 0.717) is 23.9 Å². The van der Waals surface area contributed by atoms with Crippen LogP contribution in [0.3, 0.4) is 0 Å². The fraction of sp³-hybridized carbons (Fsp3) is 0.571. The topological polar surface area (TPSA) is 49.4 Å². The molecule has 0 aromatic heterocycles. The summed E-state index contributed by atoms with van der Waals surface area (Å²) in [5.41, 5.74) is 0.946. The van der Waals surface area contributed by atoms with Crippen LogP contribution in [0.4, 0.5) is 0 Å². The predicted octanol–water partition coefficient (Wildman–Crippen LogP) is 2.38. The van der Waals surface area contributed by atoms with E-state index in [9.17, 15) is 8.42 Å². The summed E-state index contributed by atoms with van der Waals surface area (Å²) >= 11 is 3.37. The molecule has 1 fully saturated rings. The Balaban J connectivity index is 2.25. The van der Waals surface area contributed by atoms with E-state index in [-0.39, 0.29) is 0 Å². The van der Waals surface area contributed by atoms with Gasteiger partial charge in [0.25, 0.3) is 0 Å². The zero-order valence-corrected chi connectivity index (χ0v) is 14.3. The van der Waals surface area contributed by atoms with Crippen molar-refractivity contribution in [2.24, 2.45) is 5.92 Å². The second-order valence-corrected chi connectivity index (χ2v) is 8.25. The summed E-state index contributed by atoms with van der Waals surface area (Å²) in [7, 11) is -1.47. The molecule has 1 aromatic carbocycles. The number of hydrogen-bond donors (Lipinski definition) is 1. The minimum atomic E-state index is -3.38. The Morgan fingerprint density at radius 3 is 2.80 bits per heavy atom. The molecule has 1 saturated heterocycles. The number of sulfonamides is 1. The van der Waals surface area contributed by atoms with Crippen molar-refractivity contribution in [3.63, 3.8) is 0 Å². The first-order valence-corrected chi connectivity index (χ1v) is 9.08. The van der Waals surface area contributed by atoms with Crippen LogP contribution in [0.25, 0.3) is 0 Å². The molecule has 4 nitrogen and oxygen atoms in total. The summed E-state index contributed by atoms with van der Waals surface area (Å²) < 4.78 is 27.9. The highest BCUT2D eigenvalue weighted by Gasteiger charge is 2.30. The first-order chi connectivity index (χ1) is 9.43. The zero-order chi connectivity index (χ0) is 14.8. The van der Waals surface area contributed by atoms with Gasteiger partial charge in [0, 0.05) is 17.6 Å². The Labute approximate surface area is 129 Å². The number of piperidine rings is 1. The van der Waals surface area contributed by atoms with E-state index in [0.717, 1.165) is 29.4 Å². The van der Waals surface area contributed by atoms with Crippen LogP contribution < -0.4 is 5.32 Å². The summed E-state index contributed by atoms with van der Waals surface area (Å²) in [6.07, 6.45) is 2.02. The van der Waals surface area contributed by atoms with Crippen LogP contribution in [-0.2, 0) is 10.0 Å². The van der Waals surface area contributed by atoms with Crippen molar-refractivity contribution in [3.8, 4) is 0 Å². The number of rotatable bonds is 4. The van der Waals surface area contributed by atoms with E-state index in [2.05, 4.69) is 21.2 Å². The van der Waals surface area contributed by atoms with Gasteiger partial charge in [-0.15, -0.1) is 0 Å². The lowest BCUT2D eigenvalue weighted by molar-refractivity contribution is 0.263. The number of hydrogen-bond acceptors (Lipinski definition) is 3. The lowest BCUT2D eigenvalue weighted by Crippen LogP contribution is -2.42. The van der Waals surface area contributed by atoms with Crippen molar-refractivity contribution in [1.82, 2.24) is 9.62 Å². The molecule has 1 aliphatic rings. The minimum Gasteiger partial charge on any atom is -0.319 e. The summed E-state index contributed by atoms with van der Waals surface area (Å²) in [5.74, 6) is 0.400. The molecule has 1 atom stereocenters. The van der Waals surface area contributed by atoms with Gasteiger partial charge in [-0.25, -0.2) is 8.42 Å². The van der Waals surface area contributed by atoms with Gasteiger partial charge in [0.15, 0.2) is 0 Å². The first kappa shape index (κ1) is 15.9. The average molecular weight is 361 g/mol. The molecule has 1 aromatic rings. The van der Waals surface area contributed by atoms with Gasteiger partial charge < -0.3 is 5.32 Å². The quantitative estimate of drug-likeness (QED) is 0.896. The highest BCUT2D eigenvalue weighted by Crippen LogP contribution is 2.26. The van der Waals surface area contributed by atoms with Crippen LogP contribution >= 0.6 is 15.9 Å². The molecule has 1 aliphatic heterocycles. The SMILES string of the molecule is CNCC1CCCN(S(=O)(=O)c2cc(C)cc(Br)c2)C1. The first-order valence-electron chi connectivity index (χ1n) is 6.85. The molecule has 20 heavy (non-hydrogen) atoms. The highest BCUT2D eigenvalue weighted by molar-refractivity contribution is 9.10. The van der Waals surface area contributed by atoms with Gasteiger partial charge >= 0.3 is 0 Å². The molecule has 2 rings (SSSR count). The van der Waals surface area contributed by atoms with Crippen LogP contribution in [0.2, 0.25) is 0 Å². The third-order valence-electron chi connectivity index (χ3n) is 3.63. The van der Waals surface area contributed by atoms with Gasteiger partial charge in [0.1, 0.15) is 0 Å². The molecule has 112 valence electrons. The number of halogens is 1. The molecule has 0 aliphatic carbocycles. The van der Waals surface area contributed by atoms with Gasteiger partial charge in [-0.1, -0.05) is 15.9 Å². The van der Waals surface area contributed by atoms with Gasteiger partial charge in [-0.05, 0) is 63.0 Å². The van der Waals surface area contributed by atoms with Gasteiger partial charge in [-0.2, -0.15) is 4.31 Å². The summed E-state index contributed by atoms with van der Waals surface area (Å²) in [5, 5.41) is 3.14. The van der Waals surface area contributed by atoms with Gasteiger partial charge in [-0.3, -0.25) is 0 Å². The van der Waals surface area contributed by atoms with E-state index in [1.807, 2.05) is 20.0 Å². The predicted molar refractivity (Wildman–Crippen MR) is 84.3 cm³/mol. The number of nitrogens with zero attached hydrogens (tertiary/aromatic N) is 1. The molecule has 0 bridgehead atoms. The van der Waals surface area contributed by atoms with E-state index in [1.165, 1.54) is 0 Å². The van der Waals surface area contributed by atoms with Crippen molar-refractivity contribution >= 4 is 26.0 Å². The number of aryl methyl sites for hydroxylation is 1. The molecule has 1 unspecified atom stereocenters. The van der Waals surface area contributed by atoms with Crippen molar-refractivity contribution in [2.75, 3.05) is 26.7 Å². The standard InChI is InChI=1S/C14H21BrN2O2S/c1-11-6-13(15)8-14(7-11)20(18,19)17-5-3-4-12(10-17)9-16-2/h6-8,12,16H,3-5,9-10H2,1-2H3. The number of nitrogens with one attached hydrogen (secondary N) is 1. The van der Waals surface area contributed by atoms with Crippen molar-refractivity contribution in [3.05, 3.63) is 28.2 Å². The van der Waals surface area contributed by atoms with Crippen LogP contribution in [-0.4, -0.2) is 39.4 Å². The van der Waals surface area contributed by atoms with Crippen LogP contribution in [0, 0.1) is 12.8 Å². The third kappa shape index (κ3) is 3.61. The molecule has 0 spiro atoms. The van der Waals surface area contributed by atoms with Crippen molar-refractivity contribution < 1.29 is 8.42 Å². The molecule has 1 N–H and O–H groups in total. The fourth-order valence-electron chi connectivity index (χ4n) is 2.70. The van der Waals surface area contributed by atoms with Crippen LogP contribution in [0.1, 0.15) is 18.4 Å². The Hall–Kier alpha value is -0.430. The number of benzene rings is 1. The van der Waals surface area contributed by atoms with Gasteiger partial charge in [0.05, 0.1) is 4.90 Å². The van der Waals surface area contributed by atoms with Crippen LogP contribution in [0.15, 0.2) is 27.6 Å². The lowest BCUT2D eigenvalue weighted by Gasteiger charge is -2.32. The molecular formula is C14H21BrN2O2S. The maximum Gasteiger partial charge on any atom is 0.243 e. The Morgan fingerprint density at radius 2 is 2.15 bits per heavy atom. The smallest absolute Gasteiger partial charge is 0.243 e. The van der Waals surface area contributed by atoms with Gasteiger partial charge in [0.2, 0.25) is 10.0 Å². The maximum absolute atomic E-state index is 12.7. The Morgan fingerprint density at radius 1 is 1.40 bits per heavy atom. The Kier molecular flexibility index (Phi) is 5.23. The summed E-state index contributed by atoms with van der Waals surface area (Å²) in [4.78, 5) is 0.384. The van der Waals surface area contributed by atoms with E-state index >= 15 is 0 Å². The highest BCUT2D eigenvalue weighted by atomic mass is 79.9. The second kappa shape index (κ2) is 6.56. The van der Waals surface area contributed by atoms with E-state index in [1.54, 1.807) is 16.4 Å². The largest absolute Gasteiger partial charge is 0.319 e. The summed E-state index contributed by atoms with van der Waals surface area (Å²) in [6, 6.07) is 5.34. The maximum atomic E-state index is 12.7. The summed E-state index contributed by atoms with van der Waals surface area (Å²) in [6.45, 7) is 4.00. The van der Waals surface area contributed by atoms with Crippen molar-refractivity contribution in [1.29, 1.82) is 0 Å². The molecule has 0 saturated carbocycles. The lowest BCUT2D eigenvalue weighted by atomic mass is 10.00. The third-order valence-corrected chi connectivity index (χ3v) is 5.93. The monoisotopic (exact) mass is 360 g/mol. The van der Waals surface area contributed by atoms with Crippen LogP contribution in [0.5, 0.6) is 0 Å². The molecule has 0 radical (unpaired) electrons. The molecule has 0 amide bonds. The van der Waals surface area contributed by atoms with E-state index < -0.39 is 10.0 Å². The second-order valence-electron chi connectivity index (χ2n) is 5.39. The molecule has 1 heterocycles. The molecular weight excluding hydrogens is 340 g/mol.